The van der Waals surface area contributed by atoms with Crippen molar-refractivity contribution >= 4 is 5.91 Å². The van der Waals surface area contributed by atoms with Crippen LogP contribution in [0, 0.1) is 11.8 Å². The van der Waals surface area contributed by atoms with Crippen LogP contribution in [-0.4, -0.2) is 42.2 Å². The molecule has 0 radical (unpaired) electrons. The van der Waals surface area contributed by atoms with E-state index in [0.717, 1.165) is 30.5 Å². The predicted molar refractivity (Wildman–Crippen MR) is 77.9 cm³/mol. The molecule has 0 bridgehead atoms. The molecule has 0 aliphatic carbocycles. The monoisotopic (exact) mass is 272 g/mol. The van der Waals surface area contributed by atoms with Crippen molar-refractivity contribution in [1.29, 1.82) is 0 Å². The van der Waals surface area contributed by atoms with Gasteiger partial charge in [0.15, 0.2) is 0 Å². The van der Waals surface area contributed by atoms with Crippen molar-refractivity contribution in [2.24, 2.45) is 0 Å². The Bertz CT molecular complexity index is 531. The molecule has 1 aromatic rings. The fourth-order valence-electron chi connectivity index (χ4n) is 2.61. The smallest absolute Gasteiger partial charge is 0.237 e. The predicted octanol–water partition coefficient (Wildman–Crippen LogP) is 0.741. The van der Waals surface area contributed by atoms with Crippen molar-refractivity contribution in [2.75, 3.05) is 20.2 Å². The molecule has 106 valence electrons. The topological polar surface area (TPSA) is 52.6 Å². The highest BCUT2D eigenvalue weighted by Crippen LogP contribution is 2.21. The summed E-state index contributed by atoms with van der Waals surface area (Å²) in [5.41, 5.74) is 2.02. The third-order valence-electron chi connectivity index (χ3n) is 3.61. The van der Waals surface area contributed by atoms with Gasteiger partial charge in [-0.15, -0.1) is 0 Å². The lowest BCUT2D eigenvalue weighted by atomic mass is 10.1. The van der Waals surface area contributed by atoms with Crippen LogP contribution in [0.3, 0.4) is 0 Å². The largest absolute Gasteiger partial charge is 0.384 e. The summed E-state index contributed by atoms with van der Waals surface area (Å²) in [5, 5.41) is 11.5. The van der Waals surface area contributed by atoms with Crippen molar-refractivity contribution < 1.29 is 9.90 Å². The summed E-state index contributed by atoms with van der Waals surface area (Å²) in [6.07, 6.45) is 1.95. The number of rotatable bonds is 3. The molecule has 2 N–H and O–H groups in total. The number of aliphatic hydroxyl groups excluding tert-OH is 1. The first-order valence-electron chi connectivity index (χ1n) is 6.89. The van der Waals surface area contributed by atoms with E-state index in [1.54, 1.807) is 7.05 Å². The second kappa shape index (κ2) is 7.09. The first-order chi connectivity index (χ1) is 9.76. The molecular formula is C16H20N2O2. The zero-order chi connectivity index (χ0) is 14.4. The van der Waals surface area contributed by atoms with Gasteiger partial charge in [-0.05, 0) is 31.0 Å². The number of likely N-dealkylation sites (tertiary alicyclic amines) is 1. The number of amides is 1. The van der Waals surface area contributed by atoms with Crippen LogP contribution < -0.4 is 5.32 Å². The molecule has 1 atom stereocenters. The molecule has 0 spiro atoms. The van der Waals surface area contributed by atoms with Crippen molar-refractivity contribution in [3.8, 4) is 11.8 Å². The third-order valence-corrected chi connectivity index (χ3v) is 3.61. The number of nitrogens with one attached hydrogen (secondary N) is 1. The van der Waals surface area contributed by atoms with E-state index in [1.165, 1.54) is 0 Å². The van der Waals surface area contributed by atoms with E-state index in [0.29, 0.717) is 6.54 Å². The van der Waals surface area contributed by atoms with E-state index in [9.17, 15) is 4.79 Å². The lowest BCUT2D eigenvalue weighted by Crippen LogP contribution is -2.41. The number of carbonyl (C=O) groups excluding carboxylic acids is 1. The number of benzene rings is 1. The van der Waals surface area contributed by atoms with Gasteiger partial charge in [-0.2, -0.15) is 0 Å². The average molecular weight is 272 g/mol. The van der Waals surface area contributed by atoms with Crippen LogP contribution in [0.25, 0.3) is 0 Å². The van der Waals surface area contributed by atoms with Crippen molar-refractivity contribution in [3.63, 3.8) is 0 Å². The number of aliphatic hydroxyl groups is 1. The summed E-state index contributed by atoms with van der Waals surface area (Å²) >= 11 is 0. The van der Waals surface area contributed by atoms with Gasteiger partial charge >= 0.3 is 0 Å². The molecule has 0 saturated carbocycles. The molecule has 1 aliphatic heterocycles. The fourth-order valence-corrected chi connectivity index (χ4v) is 2.61. The van der Waals surface area contributed by atoms with Gasteiger partial charge in [-0.25, -0.2) is 0 Å². The van der Waals surface area contributed by atoms with E-state index < -0.39 is 0 Å². The Balaban J connectivity index is 2.15. The van der Waals surface area contributed by atoms with Gasteiger partial charge in [0.25, 0.3) is 0 Å². The zero-order valence-corrected chi connectivity index (χ0v) is 11.7. The Morgan fingerprint density at radius 2 is 2.30 bits per heavy atom. The highest BCUT2D eigenvalue weighted by atomic mass is 16.2. The Morgan fingerprint density at radius 1 is 1.50 bits per heavy atom. The molecule has 1 aromatic carbocycles. The van der Waals surface area contributed by atoms with E-state index in [1.807, 2.05) is 24.3 Å². The molecule has 1 heterocycles. The Labute approximate surface area is 119 Å². The Kier molecular flexibility index (Phi) is 5.16. The molecular weight excluding hydrogens is 252 g/mol. The SMILES string of the molecule is CNC(=O)C1CCCN1Cc1ccccc1C#CCO. The van der Waals surface area contributed by atoms with Crippen LogP contribution in [0.5, 0.6) is 0 Å². The fraction of sp³-hybridized carbons (Fsp3) is 0.438. The summed E-state index contributed by atoms with van der Waals surface area (Å²) in [4.78, 5) is 14.1. The minimum absolute atomic E-state index is 0.0427. The Hall–Kier alpha value is -1.83. The van der Waals surface area contributed by atoms with E-state index in [-0.39, 0.29) is 18.6 Å². The van der Waals surface area contributed by atoms with Crippen molar-refractivity contribution in [2.45, 2.75) is 25.4 Å². The van der Waals surface area contributed by atoms with Gasteiger partial charge in [0.05, 0.1) is 6.04 Å². The van der Waals surface area contributed by atoms with Crippen LogP contribution >= 0.6 is 0 Å². The molecule has 1 aliphatic rings. The lowest BCUT2D eigenvalue weighted by Gasteiger charge is -2.23. The molecule has 1 fully saturated rings. The molecule has 0 aromatic heterocycles. The highest BCUT2D eigenvalue weighted by Gasteiger charge is 2.30. The molecule has 20 heavy (non-hydrogen) atoms. The number of hydrogen-bond acceptors (Lipinski definition) is 3. The van der Waals surface area contributed by atoms with Crippen LogP contribution in [-0.2, 0) is 11.3 Å². The molecule has 4 heteroatoms. The number of nitrogens with zero attached hydrogens (tertiary/aromatic N) is 1. The standard InChI is InChI=1S/C16H20N2O2/c1-17-16(20)15-9-4-10-18(15)12-14-7-3-2-6-13(14)8-5-11-19/h2-3,6-7,15,19H,4,9-12H2,1H3,(H,17,20). The third kappa shape index (κ3) is 3.38. The van der Waals surface area contributed by atoms with Crippen molar-refractivity contribution in [1.82, 2.24) is 10.2 Å². The quantitative estimate of drug-likeness (QED) is 0.798. The maximum absolute atomic E-state index is 11.9. The second-order valence-corrected chi connectivity index (χ2v) is 4.86. The summed E-state index contributed by atoms with van der Waals surface area (Å²) < 4.78 is 0. The lowest BCUT2D eigenvalue weighted by molar-refractivity contribution is -0.125. The minimum atomic E-state index is -0.140. The van der Waals surface area contributed by atoms with Gasteiger partial charge in [-0.3, -0.25) is 9.69 Å². The van der Waals surface area contributed by atoms with Gasteiger partial charge in [-0.1, -0.05) is 30.0 Å². The van der Waals surface area contributed by atoms with Crippen molar-refractivity contribution in [3.05, 3.63) is 35.4 Å². The average Bonchev–Trinajstić information content (AvgIpc) is 2.93. The summed E-state index contributed by atoms with van der Waals surface area (Å²) in [6, 6.07) is 7.85. The maximum atomic E-state index is 11.9. The van der Waals surface area contributed by atoms with E-state index in [2.05, 4.69) is 22.1 Å². The molecule has 1 unspecified atom stereocenters. The number of likely N-dealkylation sites (N-methyl/N-ethyl adjacent to an activating group) is 1. The van der Waals surface area contributed by atoms with E-state index in [4.69, 9.17) is 5.11 Å². The Morgan fingerprint density at radius 3 is 3.05 bits per heavy atom. The molecule has 2 rings (SSSR count). The summed E-state index contributed by atoms with van der Waals surface area (Å²) in [5.74, 6) is 5.74. The number of carbonyl (C=O) groups is 1. The molecule has 4 nitrogen and oxygen atoms in total. The van der Waals surface area contributed by atoms with Gasteiger partial charge in [0, 0.05) is 19.2 Å². The molecule has 1 amide bonds. The first-order valence-corrected chi connectivity index (χ1v) is 6.89. The maximum Gasteiger partial charge on any atom is 0.237 e. The second-order valence-electron chi connectivity index (χ2n) is 4.86. The van der Waals surface area contributed by atoms with Gasteiger partial charge in [0.2, 0.25) is 5.91 Å². The van der Waals surface area contributed by atoms with Crippen LogP contribution in [0.1, 0.15) is 24.0 Å². The van der Waals surface area contributed by atoms with Gasteiger partial charge < -0.3 is 10.4 Å². The van der Waals surface area contributed by atoms with Gasteiger partial charge in [0.1, 0.15) is 6.61 Å². The van der Waals surface area contributed by atoms with Crippen LogP contribution in [0.4, 0.5) is 0 Å². The minimum Gasteiger partial charge on any atom is -0.384 e. The zero-order valence-electron chi connectivity index (χ0n) is 11.7. The van der Waals surface area contributed by atoms with E-state index >= 15 is 0 Å². The summed E-state index contributed by atoms with van der Waals surface area (Å²) in [7, 11) is 1.68. The van der Waals surface area contributed by atoms with Crippen LogP contribution in [0.15, 0.2) is 24.3 Å². The summed E-state index contributed by atoms with van der Waals surface area (Å²) in [6.45, 7) is 1.51. The normalized spacial score (nSPS) is 18.4. The first kappa shape index (κ1) is 14.6. The number of hydrogen-bond donors (Lipinski definition) is 2. The molecule has 1 saturated heterocycles. The van der Waals surface area contributed by atoms with Crippen LogP contribution in [0.2, 0.25) is 0 Å². The highest BCUT2D eigenvalue weighted by molar-refractivity contribution is 5.81.